The van der Waals surface area contributed by atoms with Gasteiger partial charge in [-0.15, -0.1) is 0 Å². The predicted molar refractivity (Wildman–Crippen MR) is 117 cm³/mol. The minimum Gasteiger partial charge on any atom is -0.490 e. The molecule has 2 aliphatic heterocycles. The molecule has 0 aromatic heterocycles. The van der Waals surface area contributed by atoms with Gasteiger partial charge in [-0.05, 0) is 47.9 Å². The van der Waals surface area contributed by atoms with Gasteiger partial charge in [-0.1, -0.05) is 19.9 Å². The highest BCUT2D eigenvalue weighted by Crippen LogP contribution is 2.30. The van der Waals surface area contributed by atoms with Crippen LogP contribution < -0.4 is 15.4 Å². The quantitative estimate of drug-likeness (QED) is 0.771. The fourth-order valence-electron chi connectivity index (χ4n) is 3.87. The van der Waals surface area contributed by atoms with Gasteiger partial charge in [0.25, 0.3) is 0 Å². The van der Waals surface area contributed by atoms with E-state index in [1.165, 1.54) is 24.3 Å². The average Bonchev–Trinajstić information content (AvgIpc) is 2.81. The molecule has 3 amide bonds. The number of carbonyl (C=O) groups excluding carboxylic acids is 2. The summed E-state index contributed by atoms with van der Waals surface area (Å²) in [5.41, 5.74) is 2.35. The predicted octanol–water partition coefficient (Wildman–Crippen LogP) is 3.50. The summed E-state index contributed by atoms with van der Waals surface area (Å²) in [6, 6.07) is 11.2. The lowest BCUT2D eigenvalue weighted by molar-refractivity contribution is -0.118. The van der Waals surface area contributed by atoms with E-state index >= 15 is 0 Å². The lowest BCUT2D eigenvalue weighted by atomic mass is 10.0. The molecule has 0 radical (unpaired) electrons. The Bertz CT molecular complexity index is 964. The summed E-state index contributed by atoms with van der Waals surface area (Å²) < 4.78 is 19.2. The van der Waals surface area contributed by atoms with Gasteiger partial charge in [-0.2, -0.15) is 0 Å². The van der Waals surface area contributed by atoms with Crippen LogP contribution in [0.25, 0.3) is 0 Å². The van der Waals surface area contributed by atoms with E-state index in [1.807, 2.05) is 23.1 Å². The van der Waals surface area contributed by atoms with E-state index in [0.29, 0.717) is 49.3 Å². The fraction of sp³-hybridized carbons (Fsp3) is 0.391. The van der Waals surface area contributed by atoms with Crippen LogP contribution >= 0.6 is 0 Å². The van der Waals surface area contributed by atoms with Gasteiger partial charge in [0.15, 0.2) is 0 Å². The van der Waals surface area contributed by atoms with Crippen molar-refractivity contribution in [2.45, 2.75) is 25.8 Å². The van der Waals surface area contributed by atoms with E-state index < -0.39 is 0 Å². The van der Waals surface area contributed by atoms with Crippen molar-refractivity contribution in [1.82, 2.24) is 9.80 Å². The second-order valence-electron chi connectivity index (χ2n) is 8.28. The SMILES string of the molecule is CC(C)c1ccc2c(c1)NC(=O)CN1CCN(C(=O)Nc3ccc(F)cc3)C[C@H]1CO2. The Hall–Kier alpha value is -3.13. The van der Waals surface area contributed by atoms with Crippen LogP contribution in [0.1, 0.15) is 25.3 Å². The molecule has 2 aliphatic rings. The number of benzene rings is 2. The molecule has 7 nitrogen and oxygen atoms in total. The highest BCUT2D eigenvalue weighted by molar-refractivity contribution is 5.94. The smallest absolute Gasteiger partial charge is 0.321 e. The van der Waals surface area contributed by atoms with Crippen LogP contribution in [-0.2, 0) is 4.79 Å². The molecule has 8 heteroatoms. The molecule has 2 aromatic rings. The first-order valence-corrected chi connectivity index (χ1v) is 10.5. The number of urea groups is 1. The van der Waals surface area contributed by atoms with Crippen molar-refractivity contribution in [2.75, 3.05) is 43.4 Å². The van der Waals surface area contributed by atoms with Crippen LogP contribution in [0.2, 0.25) is 0 Å². The Kier molecular flexibility index (Phi) is 6.08. The molecule has 0 saturated carbocycles. The van der Waals surface area contributed by atoms with E-state index in [4.69, 9.17) is 4.74 Å². The van der Waals surface area contributed by atoms with Gasteiger partial charge >= 0.3 is 6.03 Å². The van der Waals surface area contributed by atoms with Crippen molar-refractivity contribution in [2.24, 2.45) is 0 Å². The Labute approximate surface area is 181 Å². The number of hydrogen-bond donors (Lipinski definition) is 2. The molecule has 2 aromatic carbocycles. The van der Waals surface area contributed by atoms with Gasteiger partial charge < -0.3 is 20.3 Å². The number of nitrogens with one attached hydrogen (secondary N) is 2. The molecular formula is C23H27FN4O3. The Balaban J connectivity index is 1.46. The zero-order valence-electron chi connectivity index (χ0n) is 17.7. The number of hydrogen-bond acceptors (Lipinski definition) is 4. The number of carbonyl (C=O) groups is 2. The molecule has 0 spiro atoms. The largest absolute Gasteiger partial charge is 0.490 e. The first-order valence-electron chi connectivity index (χ1n) is 10.5. The van der Waals surface area contributed by atoms with E-state index in [9.17, 15) is 14.0 Å². The molecule has 2 heterocycles. The molecular weight excluding hydrogens is 399 g/mol. The van der Waals surface area contributed by atoms with Gasteiger partial charge in [0.1, 0.15) is 18.2 Å². The highest BCUT2D eigenvalue weighted by atomic mass is 19.1. The van der Waals surface area contributed by atoms with Gasteiger partial charge in [0.2, 0.25) is 5.91 Å². The molecule has 1 atom stereocenters. The number of halogens is 1. The third-order valence-corrected chi connectivity index (χ3v) is 5.71. The molecule has 1 saturated heterocycles. The summed E-state index contributed by atoms with van der Waals surface area (Å²) >= 11 is 0. The summed E-state index contributed by atoms with van der Waals surface area (Å²) in [4.78, 5) is 29.1. The first-order chi connectivity index (χ1) is 14.9. The van der Waals surface area contributed by atoms with Crippen molar-refractivity contribution < 1.29 is 18.7 Å². The van der Waals surface area contributed by atoms with Crippen molar-refractivity contribution in [3.63, 3.8) is 0 Å². The number of piperazine rings is 1. The summed E-state index contributed by atoms with van der Waals surface area (Å²) in [5.74, 6) is 0.525. The number of ether oxygens (including phenoxy) is 1. The number of fused-ring (bicyclic) bond motifs is 2. The minimum absolute atomic E-state index is 0.0955. The summed E-state index contributed by atoms with van der Waals surface area (Å²) in [6.07, 6.45) is 0. The summed E-state index contributed by atoms with van der Waals surface area (Å²) in [6.45, 7) is 6.29. The molecule has 0 aliphatic carbocycles. The molecule has 164 valence electrons. The molecule has 0 bridgehead atoms. The van der Waals surface area contributed by atoms with E-state index in [0.717, 1.165) is 5.56 Å². The second kappa shape index (κ2) is 8.93. The van der Waals surface area contributed by atoms with Crippen LogP contribution in [0.5, 0.6) is 5.75 Å². The topological polar surface area (TPSA) is 73.9 Å². The van der Waals surface area contributed by atoms with Crippen molar-refractivity contribution in [3.8, 4) is 5.75 Å². The van der Waals surface area contributed by atoms with Crippen molar-refractivity contribution in [3.05, 3.63) is 53.8 Å². The van der Waals surface area contributed by atoms with Crippen LogP contribution in [0, 0.1) is 5.82 Å². The van der Waals surface area contributed by atoms with E-state index in [2.05, 4.69) is 24.5 Å². The van der Waals surface area contributed by atoms with Gasteiger partial charge in [-0.25, -0.2) is 9.18 Å². The van der Waals surface area contributed by atoms with Crippen molar-refractivity contribution >= 4 is 23.3 Å². The third kappa shape index (κ3) is 4.96. The average molecular weight is 426 g/mol. The van der Waals surface area contributed by atoms with Crippen LogP contribution in [0.4, 0.5) is 20.6 Å². The Morgan fingerprint density at radius 1 is 1.19 bits per heavy atom. The second-order valence-corrected chi connectivity index (χ2v) is 8.28. The first kappa shape index (κ1) is 21.1. The van der Waals surface area contributed by atoms with Gasteiger partial charge in [0, 0.05) is 25.3 Å². The van der Waals surface area contributed by atoms with Crippen molar-refractivity contribution in [1.29, 1.82) is 0 Å². The third-order valence-electron chi connectivity index (χ3n) is 5.71. The van der Waals surface area contributed by atoms with E-state index in [1.54, 1.807) is 4.90 Å². The van der Waals surface area contributed by atoms with Crippen LogP contribution in [0.3, 0.4) is 0 Å². The fourth-order valence-corrected chi connectivity index (χ4v) is 3.87. The maximum absolute atomic E-state index is 13.1. The maximum Gasteiger partial charge on any atom is 0.321 e. The molecule has 2 N–H and O–H groups in total. The Morgan fingerprint density at radius 2 is 1.97 bits per heavy atom. The normalized spacial score (nSPS) is 19.3. The maximum atomic E-state index is 13.1. The van der Waals surface area contributed by atoms with E-state index in [-0.39, 0.29) is 30.3 Å². The number of amides is 3. The lowest BCUT2D eigenvalue weighted by Crippen LogP contribution is -2.58. The zero-order valence-corrected chi connectivity index (χ0v) is 17.7. The number of rotatable bonds is 2. The van der Waals surface area contributed by atoms with Crippen LogP contribution in [0.15, 0.2) is 42.5 Å². The number of nitrogens with zero attached hydrogens (tertiary/aromatic N) is 2. The zero-order chi connectivity index (χ0) is 22.0. The standard InChI is InChI=1S/C23H27FN4O3/c1-15(2)16-3-8-21-20(11-16)26-22(29)13-27-9-10-28(12-19(27)14-31-21)23(30)25-18-6-4-17(24)5-7-18/h3-8,11,15,19H,9-10,12-14H2,1-2H3,(H,25,30)(H,26,29)/t19-/m0/s1. The number of anilines is 2. The molecule has 4 rings (SSSR count). The molecule has 31 heavy (non-hydrogen) atoms. The Morgan fingerprint density at radius 3 is 2.71 bits per heavy atom. The minimum atomic E-state index is -0.353. The molecule has 1 fully saturated rings. The van der Waals surface area contributed by atoms with Gasteiger partial charge in [-0.3, -0.25) is 9.69 Å². The molecule has 0 unspecified atom stereocenters. The van der Waals surface area contributed by atoms with Crippen LogP contribution in [-0.4, -0.2) is 60.6 Å². The highest BCUT2D eigenvalue weighted by Gasteiger charge is 2.32. The monoisotopic (exact) mass is 426 g/mol. The summed E-state index contributed by atoms with van der Waals surface area (Å²) in [5, 5.41) is 5.77. The summed E-state index contributed by atoms with van der Waals surface area (Å²) in [7, 11) is 0. The lowest BCUT2D eigenvalue weighted by Gasteiger charge is -2.40. The van der Waals surface area contributed by atoms with Gasteiger partial charge in [0.05, 0.1) is 18.3 Å².